The van der Waals surface area contributed by atoms with Crippen LogP contribution < -0.4 is 5.32 Å². The molecule has 1 N–H and O–H groups in total. The molecule has 120 valence electrons. The van der Waals surface area contributed by atoms with Crippen LogP contribution >= 0.6 is 0 Å². The van der Waals surface area contributed by atoms with Crippen LogP contribution in [0, 0.1) is 11.8 Å². The summed E-state index contributed by atoms with van der Waals surface area (Å²) in [5.74, 6) is 1.61. The van der Waals surface area contributed by atoms with Gasteiger partial charge in [-0.25, -0.2) is 0 Å². The summed E-state index contributed by atoms with van der Waals surface area (Å²) in [5.41, 5.74) is 0. The van der Waals surface area contributed by atoms with Gasteiger partial charge in [-0.1, -0.05) is 32.1 Å². The summed E-state index contributed by atoms with van der Waals surface area (Å²) in [4.78, 5) is 15.4. The number of carbonyl (C=O) groups is 1. The number of hydrogen-bond donors (Lipinski definition) is 1. The summed E-state index contributed by atoms with van der Waals surface area (Å²) >= 11 is 0. The summed E-state index contributed by atoms with van der Waals surface area (Å²) in [6.07, 6.45) is 13.8. The van der Waals surface area contributed by atoms with Crippen molar-refractivity contribution in [2.45, 2.75) is 76.7 Å². The average molecular weight is 292 g/mol. The first kappa shape index (κ1) is 15.3. The first-order chi connectivity index (χ1) is 10.4. The molecule has 1 amide bonds. The van der Waals surface area contributed by atoms with Gasteiger partial charge in [0.25, 0.3) is 0 Å². The maximum absolute atomic E-state index is 13.1. The van der Waals surface area contributed by atoms with Crippen molar-refractivity contribution in [3.8, 4) is 0 Å². The van der Waals surface area contributed by atoms with Gasteiger partial charge in [0, 0.05) is 18.5 Å². The highest BCUT2D eigenvalue weighted by molar-refractivity contribution is 5.79. The van der Waals surface area contributed by atoms with Crippen LogP contribution in [0.1, 0.15) is 70.6 Å². The number of amides is 1. The molecule has 3 heteroatoms. The van der Waals surface area contributed by atoms with Gasteiger partial charge in [-0.05, 0) is 57.5 Å². The summed E-state index contributed by atoms with van der Waals surface area (Å²) in [7, 11) is 0. The van der Waals surface area contributed by atoms with E-state index in [1.165, 1.54) is 57.8 Å². The molecule has 2 heterocycles. The van der Waals surface area contributed by atoms with Gasteiger partial charge < -0.3 is 10.2 Å². The van der Waals surface area contributed by atoms with Crippen LogP contribution in [0.4, 0.5) is 0 Å². The minimum Gasteiger partial charge on any atom is -0.339 e. The van der Waals surface area contributed by atoms with Crippen LogP contribution in [0.5, 0.6) is 0 Å². The predicted octanol–water partition coefficient (Wildman–Crippen LogP) is 3.34. The highest BCUT2D eigenvalue weighted by atomic mass is 16.2. The summed E-state index contributed by atoms with van der Waals surface area (Å²) in [5, 5.41) is 3.47. The normalized spacial score (nSPS) is 30.1. The van der Waals surface area contributed by atoms with Crippen LogP contribution in [-0.4, -0.2) is 36.5 Å². The lowest BCUT2D eigenvalue weighted by Crippen LogP contribution is -2.49. The third-order valence-corrected chi connectivity index (χ3v) is 5.96. The van der Waals surface area contributed by atoms with Crippen molar-refractivity contribution in [1.82, 2.24) is 10.2 Å². The zero-order valence-electron chi connectivity index (χ0n) is 13.5. The molecule has 0 bridgehead atoms. The Labute approximate surface area is 129 Å². The minimum atomic E-state index is 0.348. The molecule has 2 aliphatic heterocycles. The van der Waals surface area contributed by atoms with Crippen LogP contribution in [-0.2, 0) is 4.79 Å². The molecule has 3 fully saturated rings. The van der Waals surface area contributed by atoms with Crippen molar-refractivity contribution in [2.24, 2.45) is 11.8 Å². The molecule has 0 aromatic rings. The largest absolute Gasteiger partial charge is 0.339 e. The fourth-order valence-electron chi connectivity index (χ4n) is 4.71. The van der Waals surface area contributed by atoms with Gasteiger partial charge in [-0.3, -0.25) is 4.79 Å². The second kappa shape index (κ2) is 7.62. The molecular weight excluding hydrogens is 260 g/mol. The quantitative estimate of drug-likeness (QED) is 0.846. The third-order valence-electron chi connectivity index (χ3n) is 5.96. The zero-order chi connectivity index (χ0) is 14.5. The molecule has 0 spiro atoms. The summed E-state index contributed by atoms with van der Waals surface area (Å²) < 4.78 is 0. The number of rotatable bonds is 2. The van der Waals surface area contributed by atoms with Crippen molar-refractivity contribution >= 4 is 5.91 Å². The van der Waals surface area contributed by atoms with E-state index >= 15 is 0 Å². The molecule has 1 atom stereocenters. The molecule has 0 radical (unpaired) electrons. The Morgan fingerprint density at radius 3 is 2.24 bits per heavy atom. The van der Waals surface area contributed by atoms with E-state index in [1.807, 2.05) is 0 Å². The number of hydrogen-bond acceptors (Lipinski definition) is 2. The Morgan fingerprint density at radius 2 is 1.48 bits per heavy atom. The van der Waals surface area contributed by atoms with Crippen molar-refractivity contribution < 1.29 is 4.79 Å². The maximum Gasteiger partial charge on any atom is 0.225 e. The number of carbonyl (C=O) groups excluding carboxylic acids is 1. The van der Waals surface area contributed by atoms with Gasteiger partial charge in [-0.15, -0.1) is 0 Å². The second-order valence-electron chi connectivity index (χ2n) is 7.37. The van der Waals surface area contributed by atoms with Gasteiger partial charge in [-0.2, -0.15) is 0 Å². The lowest BCUT2D eigenvalue weighted by Gasteiger charge is -2.40. The van der Waals surface area contributed by atoms with Gasteiger partial charge in [0.05, 0.1) is 0 Å². The minimum absolute atomic E-state index is 0.348. The zero-order valence-corrected chi connectivity index (χ0v) is 13.5. The number of nitrogens with one attached hydrogen (secondary N) is 1. The van der Waals surface area contributed by atoms with E-state index in [0.717, 1.165) is 38.4 Å². The fraction of sp³-hybridized carbons (Fsp3) is 0.944. The molecule has 3 nitrogen and oxygen atoms in total. The van der Waals surface area contributed by atoms with Crippen molar-refractivity contribution in [2.75, 3.05) is 19.6 Å². The van der Waals surface area contributed by atoms with E-state index < -0.39 is 0 Å². The van der Waals surface area contributed by atoms with Crippen LogP contribution in [0.25, 0.3) is 0 Å². The van der Waals surface area contributed by atoms with E-state index in [-0.39, 0.29) is 0 Å². The third kappa shape index (κ3) is 3.80. The number of likely N-dealkylation sites (tertiary alicyclic amines) is 1. The van der Waals surface area contributed by atoms with E-state index in [4.69, 9.17) is 0 Å². The average Bonchev–Trinajstić information content (AvgIpc) is 2.81. The van der Waals surface area contributed by atoms with Gasteiger partial charge in [0.1, 0.15) is 0 Å². The fourth-order valence-corrected chi connectivity index (χ4v) is 4.71. The molecule has 3 aliphatic rings. The summed E-state index contributed by atoms with van der Waals surface area (Å²) in [6, 6.07) is 0.545. The number of piperidine rings is 1. The SMILES string of the molecule is O=C(C1CCCCC1)N1CCCCCC1C1CCNCC1. The van der Waals surface area contributed by atoms with Gasteiger partial charge in [0.2, 0.25) is 5.91 Å². The highest BCUT2D eigenvalue weighted by Gasteiger charge is 2.35. The van der Waals surface area contributed by atoms with Crippen molar-refractivity contribution in [3.63, 3.8) is 0 Å². The molecule has 0 aromatic heterocycles. The Morgan fingerprint density at radius 1 is 0.810 bits per heavy atom. The lowest BCUT2D eigenvalue weighted by molar-refractivity contribution is -0.140. The van der Waals surface area contributed by atoms with Crippen LogP contribution in [0.2, 0.25) is 0 Å². The van der Waals surface area contributed by atoms with Gasteiger partial charge >= 0.3 is 0 Å². The van der Waals surface area contributed by atoms with Crippen molar-refractivity contribution in [3.05, 3.63) is 0 Å². The predicted molar refractivity (Wildman–Crippen MR) is 86.1 cm³/mol. The smallest absolute Gasteiger partial charge is 0.225 e. The molecule has 1 aliphatic carbocycles. The Bertz CT molecular complexity index is 332. The second-order valence-corrected chi connectivity index (χ2v) is 7.37. The molecule has 1 saturated carbocycles. The summed E-state index contributed by atoms with van der Waals surface area (Å²) in [6.45, 7) is 3.32. The van der Waals surface area contributed by atoms with E-state index in [2.05, 4.69) is 10.2 Å². The van der Waals surface area contributed by atoms with Crippen LogP contribution in [0.3, 0.4) is 0 Å². The highest BCUT2D eigenvalue weighted by Crippen LogP contribution is 2.32. The van der Waals surface area contributed by atoms with Crippen molar-refractivity contribution in [1.29, 1.82) is 0 Å². The molecular formula is C18H32N2O. The standard InChI is InChI=1S/C18H32N2O/c21-18(16-7-3-1-4-8-16)20-14-6-2-5-9-17(20)15-10-12-19-13-11-15/h15-17,19H,1-14H2. The van der Waals surface area contributed by atoms with Gasteiger partial charge in [0.15, 0.2) is 0 Å². The maximum atomic E-state index is 13.1. The first-order valence-corrected chi connectivity index (χ1v) is 9.37. The van der Waals surface area contributed by atoms with E-state index in [9.17, 15) is 4.79 Å². The van der Waals surface area contributed by atoms with Crippen LogP contribution in [0.15, 0.2) is 0 Å². The number of nitrogens with zero attached hydrogens (tertiary/aromatic N) is 1. The van der Waals surface area contributed by atoms with E-state index in [0.29, 0.717) is 17.9 Å². The molecule has 21 heavy (non-hydrogen) atoms. The monoisotopic (exact) mass is 292 g/mol. The lowest BCUT2D eigenvalue weighted by atomic mass is 9.84. The molecule has 2 saturated heterocycles. The molecule has 0 aromatic carbocycles. The first-order valence-electron chi connectivity index (χ1n) is 9.37. The molecule has 1 unspecified atom stereocenters. The molecule has 3 rings (SSSR count). The van der Waals surface area contributed by atoms with E-state index in [1.54, 1.807) is 0 Å². The topological polar surface area (TPSA) is 32.3 Å². The Hall–Kier alpha value is -0.570. The Balaban J connectivity index is 1.69. The Kier molecular flexibility index (Phi) is 5.56.